The summed E-state index contributed by atoms with van der Waals surface area (Å²) in [5.41, 5.74) is 3.20. The number of nitrogens with zero attached hydrogens (tertiary/aromatic N) is 2. The molecular formula is C23H33IN4O. The van der Waals surface area contributed by atoms with E-state index in [0.717, 1.165) is 49.6 Å². The molecule has 0 aliphatic carbocycles. The second-order valence-corrected chi connectivity index (χ2v) is 6.62. The minimum Gasteiger partial charge on any atom is -0.356 e. The van der Waals surface area contributed by atoms with Gasteiger partial charge in [-0.05, 0) is 49.9 Å². The summed E-state index contributed by atoms with van der Waals surface area (Å²) in [6.07, 6.45) is 2.10. The summed E-state index contributed by atoms with van der Waals surface area (Å²) in [5.74, 6) is 0.872. The predicted octanol–water partition coefficient (Wildman–Crippen LogP) is 4.08. The zero-order valence-corrected chi connectivity index (χ0v) is 20.0. The van der Waals surface area contributed by atoms with Crippen LogP contribution in [0.3, 0.4) is 0 Å². The maximum Gasteiger partial charge on any atom is 0.253 e. The van der Waals surface area contributed by atoms with Gasteiger partial charge in [0.05, 0.1) is 0 Å². The van der Waals surface area contributed by atoms with Crippen molar-refractivity contribution in [1.29, 1.82) is 0 Å². The molecule has 2 N–H and O–H groups in total. The molecule has 6 heteroatoms. The first kappa shape index (κ1) is 24.9. The Morgan fingerprint density at radius 2 is 1.59 bits per heavy atom. The molecule has 0 aromatic heterocycles. The van der Waals surface area contributed by atoms with Crippen molar-refractivity contribution >= 4 is 35.8 Å². The monoisotopic (exact) mass is 508 g/mol. The van der Waals surface area contributed by atoms with Gasteiger partial charge in [0.15, 0.2) is 5.96 Å². The van der Waals surface area contributed by atoms with Gasteiger partial charge in [-0.1, -0.05) is 42.5 Å². The van der Waals surface area contributed by atoms with Gasteiger partial charge < -0.3 is 15.5 Å². The lowest BCUT2D eigenvalue weighted by Gasteiger charge is -2.18. The summed E-state index contributed by atoms with van der Waals surface area (Å²) in [7, 11) is 1.78. The van der Waals surface area contributed by atoms with E-state index in [9.17, 15) is 4.79 Å². The Kier molecular flexibility index (Phi) is 12.0. The van der Waals surface area contributed by atoms with E-state index in [4.69, 9.17) is 0 Å². The van der Waals surface area contributed by atoms with Crippen LogP contribution < -0.4 is 10.6 Å². The molecular weight excluding hydrogens is 475 g/mol. The standard InChI is InChI=1S/C23H32N4O.HI/c1-4-27(5-2)22(28)21-15-13-20(14-16-21)18-26-23(24-3)25-17-9-12-19-10-7-6-8-11-19;/h6-8,10-11,13-16H,4-5,9,12,17-18H2,1-3H3,(H2,24,25,26);1H. The SMILES string of the molecule is CCN(CC)C(=O)c1ccc(CNC(=NC)NCCCc2ccccc2)cc1.I. The van der Waals surface area contributed by atoms with Crippen LogP contribution in [-0.4, -0.2) is 43.4 Å². The van der Waals surface area contributed by atoms with E-state index in [2.05, 4.69) is 39.9 Å². The van der Waals surface area contributed by atoms with Gasteiger partial charge in [-0.15, -0.1) is 24.0 Å². The summed E-state index contributed by atoms with van der Waals surface area (Å²) < 4.78 is 0. The average Bonchev–Trinajstić information content (AvgIpc) is 2.75. The molecule has 0 saturated heterocycles. The fourth-order valence-corrected chi connectivity index (χ4v) is 3.01. The molecule has 0 aliphatic rings. The summed E-state index contributed by atoms with van der Waals surface area (Å²) in [5, 5.41) is 6.67. The van der Waals surface area contributed by atoms with E-state index < -0.39 is 0 Å². The molecule has 0 spiro atoms. The van der Waals surface area contributed by atoms with Crippen LogP contribution in [-0.2, 0) is 13.0 Å². The summed E-state index contributed by atoms with van der Waals surface area (Å²) in [6, 6.07) is 18.3. The van der Waals surface area contributed by atoms with Crippen molar-refractivity contribution in [3.8, 4) is 0 Å². The van der Waals surface area contributed by atoms with Crippen LogP contribution in [0.1, 0.15) is 41.8 Å². The van der Waals surface area contributed by atoms with Gasteiger partial charge in [0, 0.05) is 38.8 Å². The first-order valence-corrected chi connectivity index (χ1v) is 10.0. The first-order chi connectivity index (χ1) is 13.7. The Labute approximate surface area is 192 Å². The van der Waals surface area contributed by atoms with Crippen molar-refractivity contribution < 1.29 is 4.79 Å². The van der Waals surface area contributed by atoms with E-state index in [0.29, 0.717) is 6.54 Å². The number of nitrogens with one attached hydrogen (secondary N) is 2. The number of carbonyl (C=O) groups excluding carboxylic acids is 1. The maximum atomic E-state index is 12.4. The molecule has 0 fully saturated rings. The third-order valence-electron chi connectivity index (χ3n) is 4.71. The van der Waals surface area contributed by atoms with Gasteiger partial charge in [-0.2, -0.15) is 0 Å². The molecule has 1 amide bonds. The number of hydrogen-bond acceptors (Lipinski definition) is 2. The molecule has 0 radical (unpaired) electrons. The van der Waals surface area contributed by atoms with Crippen molar-refractivity contribution in [2.45, 2.75) is 33.2 Å². The highest BCUT2D eigenvalue weighted by Crippen LogP contribution is 2.08. The number of aryl methyl sites for hydroxylation is 1. The lowest BCUT2D eigenvalue weighted by atomic mass is 10.1. The van der Waals surface area contributed by atoms with Crippen LogP contribution in [0.4, 0.5) is 0 Å². The van der Waals surface area contributed by atoms with Crippen molar-refractivity contribution in [2.24, 2.45) is 4.99 Å². The fourth-order valence-electron chi connectivity index (χ4n) is 3.01. The van der Waals surface area contributed by atoms with Crippen molar-refractivity contribution in [1.82, 2.24) is 15.5 Å². The third kappa shape index (κ3) is 8.43. The van der Waals surface area contributed by atoms with Gasteiger partial charge in [0.25, 0.3) is 5.91 Å². The highest BCUT2D eigenvalue weighted by molar-refractivity contribution is 14.0. The second-order valence-electron chi connectivity index (χ2n) is 6.62. The number of rotatable bonds is 9. The largest absolute Gasteiger partial charge is 0.356 e. The minimum absolute atomic E-state index is 0. The van der Waals surface area contributed by atoms with Crippen molar-refractivity contribution in [3.05, 3.63) is 71.3 Å². The predicted molar refractivity (Wildman–Crippen MR) is 132 cm³/mol. The highest BCUT2D eigenvalue weighted by atomic mass is 127. The van der Waals surface area contributed by atoms with Gasteiger partial charge in [-0.25, -0.2) is 0 Å². The molecule has 2 aromatic rings. The van der Waals surface area contributed by atoms with Gasteiger partial charge in [0.2, 0.25) is 0 Å². The lowest BCUT2D eigenvalue weighted by Crippen LogP contribution is -2.37. The molecule has 2 rings (SSSR count). The molecule has 0 saturated carbocycles. The fraction of sp³-hybridized carbons (Fsp3) is 0.391. The third-order valence-corrected chi connectivity index (χ3v) is 4.71. The number of guanidine groups is 1. The molecule has 158 valence electrons. The number of benzene rings is 2. The van der Waals surface area contributed by atoms with Gasteiger partial charge in [-0.3, -0.25) is 9.79 Å². The van der Waals surface area contributed by atoms with Crippen molar-refractivity contribution in [2.75, 3.05) is 26.7 Å². The van der Waals surface area contributed by atoms with Gasteiger partial charge in [0.1, 0.15) is 0 Å². The molecule has 2 aromatic carbocycles. The maximum absolute atomic E-state index is 12.4. The number of halogens is 1. The Hall–Kier alpha value is -2.09. The molecule has 0 heterocycles. The van der Waals surface area contributed by atoms with E-state index in [-0.39, 0.29) is 29.9 Å². The van der Waals surface area contributed by atoms with E-state index in [1.165, 1.54) is 5.56 Å². The molecule has 0 aliphatic heterocycles. The zero-order chi connectivity index (χ0) is 20.2. The normalized spacial score (nSPS) is 10.8. The van der Waals surface area contributed by atoms with Crippen LogP contribution in [0.15, 0.2) is 59.6 Å². The summed E-state index contributed by atoms with van der Waals surface area (Å²) in [6.45, 7) is 6.98. The lowest BCUT2D eigenvalue weighted by molar-refractivity contribution is 0.0773. The number of aliphatic imine (C=N–C) groups is 1. The van der Waals surface area contributed by atoms with Crippen LogP contribution >= 0.6 is 24.0 Å². The minimum atomic E-state index is 0. The van der Waals surface area contributed by atoms with Gasteiger partial charge >= 0.3 is 0 Å². The van der Waals surface area contributed by atoms with E-state index >= 15 is 0 Å². The highest BCUT2D eigenvalue weighted by Gasteiger charge is 2.11. The molecule has 0 bridgehead atoms. The van der Waals surface area contributed by atoms with Crippen LogP contribution in [0.5, 0.6) is 0 Å². The van der Waals surface area contributed by atoms with Crippen molar-refractivity contribution in [3.63, 3.8) is 0 Å². The molecule has 5 nitrogen and oxygen atoms in total. The average molecular weight is 508 g/mol. The topological polar surface area (TPSA) is 56.7 Å². The van der Waals surface area contributed by atoms with Crippen LogP contribution in [0.25, 0.3) is 0 Å². The number of amides is 1. The summed E-state index contributed by atoms with van der Waals surface area (Å²) >= 11 is 0. The Morgan fingerprint density at radius 3 is 2.17 bits per heavy atom. The Morgan fingerprint density at radius 1 is 0.931 bits per heavy atom. The quantitative estimate of drug-likeness (QED) is 0.232. The molecule has 0 unspecified atom stereocenters. The summed E-state index contributed by atoms with van der Waals surface area (Å²) in [4.78, 5) is 18.5. The smallest absolute Gasteiger partial charge is 0.253 e. The van der Waals surface area contributed by atoms with E-state index in [1.54, 1.807) is 7.05 Å². The van der Waals surface area contributed by atoms with Crippen LogP contribution in [0.2, 0.25) is 0 Å². The number of carbonyl (C=O) groups is 1. The Bertz CT molecular complexity index is 743. The zero-order valence-electron chi connectivity index (χ0n) is 17.6. The number of hydrogen-bond donors (Lipinski definition) is 2. The first-order valence-electron chi connectivity index (χ1n) is 10.0. The molecule has 0 atom stereocenters. The Balaban J connectivity index is 0.00000420. The molecule has 29 heavy (non-hydrogen) atoms. The second kappa shape index (κ2) is 14.0. The van der Waals surface area contributed by atoms with E-state index in [1.807, 2.05) is 49.1 Å². The van der Waals surface area contributed by atoms with Crippen LogP contribution in [0, 0.1) is 0 Å².